The number of hydrogen-bond donors (Lipinski definition) is 2. The SMILES string of the molecule is C[C@@H](O[Si](C)(C)C(C)(C)C)[C@H]1C(=O)N([Si](C)(C)C(C)(C)C)[C@@H]1[C@](C)(C(=O)O)[13C](=O)O. The zero-order chi connectivity index (χ0) is 24.2. The van der Waals surface area contributed by atoms with Crippen molar-refractivity contribution in [1.82, 2.24) is 4.57 Å². The number of carboxylic acid groups (broad SMARTS) is 2. The largest absolute Gasteiger partial charge is 0.480 e. The smallest absolute Gasteiger partial charge is 0.322 e. The number of carbonyl (C=O) groups excluding carboxylic acids is 1. The molecule has 1 saturated heterocycles. The lowest BCUT2D eigenvalue weighted by Crippen LogP contribution is -2.80. The predicted molar refractivity (Wildman–Crippen MR) is 122 cm³/mol. The van der Waals surface area contributed by atoms with Gasteiger partial charge in [0.25, 0.3) is 0 Å². The van der Waals surface area contributed by atoms with Crippen LogP contribution >= 0.6 is 0 Å². The molecule has 1 amide bonds. The molecule has 0 radical (unpaired) electrons. The van der Waals surface area contributed by atoms with Gasteiger partial charge in [0, 0.05) is 0 Å². The second-order valence-corrected chi connectivity index (χ2v) is 21.7. The fourth-order valence-corrected chi connectivity index (χ4v) is 7.60. The van der Waals surface area contributed by atoms with Crippen LogP contribution in [0, 0.1) is 11.3 Å². The Labute approximate surface area is 183 Å². The van der Waals surface area contributed by atoms with Crippen molar-refractivity contribution in [2.45, 2.75) is 104 Å². The molecular formula is C21H41NO6Si2. The Kier molecular flexibility index (Phi) is 6.92. The molecule has 4 atom stereocenters. The minimum Gasteiger partial charge on any atom is -0.480 e. The topological polar surface area (TPSA) is 104 Å². The first-order chi connectivity index (χ1) is 13.0. The highest BCUT2D eigenvalue weighted by Crippen LogP contribution is 2.51. The summed E-state index contributed by atoms with van der Waals surface area (Å²) in [5.74, 6) is -3.85. The zero-order valence-corrected chi connectivity index (χ0v) is 22.7. The van der Waals surface area contributed by atoms with Gasteiger partial charge in [0.2, 0.25) is 5.91 Å². The Morgan fingerprint density at radius 2 is 1.33 bits per heavy atom. The van der Waals surface area contributed by atoms with E-state index in [9.17, 15) is 24.6 Å². The number of β-lactam (4-membered cyclic amide) rings is 1. The van der Waals surface area contributed by atoms with Crippen molar-refractivity contribution in [3.8, 4) is 0 Å². The van der Waals surface area contributed by atoms with Crippen LogP contribution in [0.15, 0.2) is 0 Å². The maximum Gasteiger partial charge on any atom is 0.322 e. The Morgan fingerprint density at radius 1 is 0.933 bits per heavy atom. The van der Waals surface area contributed by atoms with Crippen molar-refractivity contribution in [2.24, 2.45) is 11.3 Å². The van der Waals surface area contributed by atoms with Gasteiger partial charge in [-0.1, -0.05) is 54.6 Å². The van der Waals surface area contributed by atoms with Gasteiger partial charge >= 0.3 is 11.9 Å². The molecule has 30 heavy (non-hydrogen) atoms. The number of carboxylic acids is 2. The fraction of sp³-hybridized carbons (Fsp3) is 0.857. The Balaban J connectivity index is 3.55. The minimum atomic E-state index is -2.52. The van der Waals surface area contributed by atoms with Gasteiger partial charge in [0.05, 0.1) is 18.1 Å². The highest BCUT2D eigenvalue weighted by Gasteiger charge is 2.68. The third-order valence-electron chi connectivity index (χ3n) is 7.85. The first-order valence-electron chi connectivity index (χ1n) is 10.5. The summed E-state index contributed by atoms with van der Waals surface area (Å²) >= 11 is 0. The Hall–Kier alpha value is -1.20. The van der Waals surface area contributed by atoms with Gasteiger partial charge in [-0.25, -0.2) is 0 Å². The summed E-state index contributed by atoms with van der Waals surface area (Å²) in [5, 5.41) is 19.5. The van der Waals surface area contributed by atoms with Crippen molar-refractivity contribution < 1.29 is 29.0 Å². The van der Waals surface area contributed by atoms with Gasteiger partial charge in [-0.05, 0) is 37.0 Å². The lowest BCUT2D eigenvalue weighted by atomic mass is 9.72. The van der Waals surface area contributed by atoms with Crippen LogP contribution in [0.4, 0.5) is 0 Å². The van der Waals surface area contributed by atoms with Crippen molar-refractivity contribution >= 4 is 34.4 Å². The fourth-order valence-electron chi connectivity index (χ4n) is 3.63. The van der Waals surface area contributed by atoms with Gasteiger partial charge in [-0.2, -0.15) is 0 Å². The average Bonchev–Trinajstić information content (AvgIpc) is 2.48. The molecule has 0 aliphatic carbocycles. The molecular weight excluding hydrogens is 419 g/mol. The number of rotatable bonds is 7. The zero-order valence-electron chi connectivity index (χ0n) is 20.7. The van der Waals surface area contributed by atoms with E-state index in [2.05, 4.69) is 33.9 Å². The van der Waals surface area contributed by atoms with Gasteiger partial charge in [-0.3, -0.25) is 14.4 Å². The molecule has 9 heteroatoms. The average molecular weight is 461 g/mol. The molecule has 0 spiro atoms. The van der Waals surface area contributed by atoms with E-state index in [0.717, 1.165) is 0 Å². The van der Waals surface area contributed by atoms with Gasteiger partial charge < -0.3 is 19.2 Å². The molecule has 1 aliphatic heterocycles. The van der Waals surface area contributed by atoms with E-state index < -0.39 is 52.0 Å². The molecule has 0 aromatic rings. The van der Waals surface area contributed by atoms with E-state index in [4.69, 9.17) is 4.43 Å². The van der Waals surface area contributed by atoms with Crippen molar-refractivity contribution in [2.75, 3.05) is 0 Å². The van der Waals surface area contributed by atoms with Crippen LogP contribution in [-0.2, 0) is 18.8 Å². The van der Waals surface area contributed by atoms with E-state index in [-0.39, 0.29) is 16.0 Å². The van der Waals surface area contributed by atoms with Gasteiger partial charge in [0.15, 0.2) is 22.0 Å². The maximum atomic E-state index is 13.4. The third-order valence-corrected chi connectivity index (χ3v) is 17.8. The molecule has 0 saturated carbocycles. The van der Waals surface area contributed by atoms with Crippen LogP contribution < -0.4 is 0 Å². The summed E-state index contributed by atoms with van der Waals surface area (Å²) < 4.78 is 8.05. The third kappa shape index (κ3) is 4.12. The summed E-state index contributed by atoms with van der Waals surface area (Å²) in [5.41, 5.74) is -2.11. The molecule has 2 N–H and O–H groups in total. The van der Waals surface area contributed by atoms with Crippen molar-refractivity contribution in [3.63, 3.8) is 0 Å². The Bertz CT molecular complexity index is 706. The van der Waals surface area contributed by atoms with Crippen LogP contribution in [0.2, 0.25) is 36.3 Å². The van der Waals surface area contributed by atoms with Crippen LogP contribution in [0.5, 0.6) is 0 Å². The molecule has 1 fully saturated rings. The van der Waals surface area contributed by atoms with Crippen LogP contribution in [0.25, 0.3) is 0 Å². The monoisotopic (exact) mass is 460 g/mol. The number of hydrogen-bond acceptors (Lipinski definition) is 4. The first-order valence-corrected chi connectivity index (χ1v) is 16.4. The van der Waals surface area contributed by atoms with E-state index in [1.165, 1.54) is 6.92 Å². The van der Waals surface area contributed by atoms with Crippen LogP contribution in [-0.4, -0.2) is 61.3 Å². The second-order valence-electron chi connectivity index (χ2n) is 11.9. The molecule has 1 heterocycles. The molecule has 174 valence electrons. The summed E-state index contributed by atoms with van der Waals surface area (Å²) in [6.45, 7) is 23.5. The number of nitrogens with zero attached hydrogens (tertiary/aromatic N) is 1. The lowest BCUT2D eigenvalue weighted by Gasteiger charge is -2.62. The first kappa shape index (κ1) is 26.8. The van der Waals surface area contributed by atoms with E-state index in [1.807, 2.05) is 33.9 Å². The molecule has 1 aliphatic rings. The summed E-state index contributed by atoms with van der Waals surface area (Å²) in [7, 11) is -4.76. The van der Waals surface area contributed by atoms with E-state index in [0.29, 0.717) is 0 Å². The highest BCUT2D eigenvalue weighted by molar-refractivity contribution is 6.80. The molecule has 0 bridgehead atoms. The minimum absolute atomic E-state index is 0.0917. The maximum absolute atomic E-state index is 13.4. The molecule has 7 nitrogen and oxygen atoms in total. The lowest BCUT2D eigenvalue weighted by molar-refractivity contribution is -0.183. The summed E-state index contributed by atoms with van der Waals surface area (Å²) in [6.07, 6.45) is -0.567. The van der Waals surface area contributed by atoms with Gasteiger partial charge in [-0.15, -0.1) is 0 Å². The molecule has 0 unspecified atom stereocenters. The molecule has 0 aromatic heterocycles. The van der Waals surface area contributed by atoms with E-state index in [1.54, 1.807) is 11.5 Å². The second kappa shape index (κ2) is 7.74. The normalized spacial score (nSPS) is 24.1. The summed E-state index contributed by atoms with van der Waals surface area (Å²) in [4.78, 5) is 37.9. The Morgan fingerprint density at radius 3 is 1.63 bits per heavy atom. The number of carbonyl (C=O) groups is 3. The van der Waals surface area contributed by atoms with Crippen molar-refractivity contribution in [3.05, 3.63) is 0 Å². The standard InChI is InChI=1S/C21H41NO6Si2/c1-13(28-30(11,12)20(5,6)7)14-15(21(8,17(24)25)18(26)27)22(16(14)23)29(9,10)19(2,3)4/h13-15H,1-12H3,(H,24,25)(H,26,27)/t13-,14-,15+/m1/s1/i17+1/t13-,14-,15+,21+. The number of aliphatic carboxylic acids is 2. The highest BCUT2D eigenvalue weighted by atomic mass is 28.4. The van der Waals surface area contributed by atoms with Crippen LogP contribution in [0.1, 0.15) is 55.4 Å². The summed E-state index contributed by atoms with van der Waals surface area (Å²) in [6, 6.07) is -0.958. The molecule has 1 rings (SSSR count). The van der Waals surface area contributed by atoms with E-state index >= 15 is 0 Å². The van der Waals surface area contributed by atoms with Crippen LogP contribution in [0.3, 0.4) is 0 Å². The van der Waals surface area contributed by atoms with Gasteiger partial charge in [0.1, 0.15) is 0 Å². The quantitative estimate of drug-likeness (QED) is 0.252. The predicted octanol–water partition coefficient (Wildman–Crippen LogP) is 4.40. The number of amides is 1. The van der Waals surface area contributed by atoms with Crippen molar-refractivity contribution in [1.29, 1.82) is 0 Å². The molecule has 0 aromatic carbocycles.